The van der Waals surface area contributed by atoms with Gasteiger partial charge in [-0.05, 0) is 36.8 Å². The number of hydrogen-bond acceptors (Lipinski definition) is 5. The molecule has 3 aromatic heterocycles. The molecule has 0 spiro atoms. The van der Waals surface area contributed by atoms with Gasteiger partial charge in [-0.2, -0.15) is 5.26 Å². The number of benzene rings is 1. The first-order valence-electron chi connectivity index (χ1n) is 10.0. The molecule has 1 aromatic carbocycles. The van der Waals surface area contributed by atoms with E-state index in [1.807, 2.05) is 35.7 Å². The minimum Gasteiger partial charge on any atom is -0.367 e. The molecule has 5 rings (SSSR count). The van der Waals surface area contributed by atoms with E-state index in [0.717, 1.165) is 60.8 Å². The normalized spacial score (nSPS) is 15.0. The number of nitriles is 1. The van der Waals surface area contributed by atoms with Crippen molar-refractivity contribution in [3.8, 4) is 6.07 Å². The number of fused-ring (bicyclic) bond motifs is 2. The Morgan fingerprint density at radius 3 is 2.77 bits per heavy atom. The lowest BCUT2D eigenvalue weighted by molar-refractivity contribution is 0.247. The van der Waals surface area contributed by atoms with Crippen molar-refractivity contribution >= 4 is 22.2 Å². The molecule has 0 saturated carbocycles. The number of rotatable bonds is 3. The van der Waals surface area contributed by atoms with Crippen LogP contribution in [0.2, 0.25) is 0 Å². The van der Waals surface area contributed by atoms with E-state index < -0.39 is 0 Å². The number of halogens is 1. The summed E-state index contributed by atoms with van der Waals surface area (Å²) in [7, 11) is 0. The molecule has 0 unspecified atom stereocenters. The molecule has 7 heteroatoms. The van der Waals surface area contributed by atoms with Crippen LogP contribution in [0.3, 0.4) is 0 Å². The second-order valence-corrected chi connectivity index (χ2v) is 7.71. The van der Waals surface area contributed by atoms with Crippen LogP contribution in [-0.2, 0) is 6.54 Å². The van der Waals surface area contributed by atoms with Crippen LogP contribution in [0.25, 0.3) is 16.6 Å². The molecule has 30 heavy (non-hydrogen) atoms. The number of piperazine rings is 1. The number of pyridine rings is 2. The first-order valence-corrected chi connectivity index (χ1v) is 10.0. The minimum absolute atomic E-state index is 0.302. The Hall–Kier alpha value is -3.50. The van der Waals surface area contributed by atoms with Crippen LogP contribution in [-0.4, -0.2) is 45.4 Å². The highest BCUT2D eigenvalue weighted by Crippen LogP contribution is 2.32. The summed E-state index contributed by atoms with van der Waals surface area (Å²) < 4.78 is 16.2. The first kappa shape index (κ1) is 18.5. The van der Waals surface area contributed by atoms with Crippen molar-refractivity contribution in [2.45, 2.75) is 13.5 Å². The van der Waals surface area contributed by atoms with Gasteiger partial charge in [0.25, 0.3) is 0 Å². The van der Waals surface area contributed by atoms with Gasteiger partial charge in [0.2, 0.25) is 0 Å². The molecule has 150 valence electrons. The fraction of sp³-hybridized carbons (Fsp3) is 0.261. The standard InChI is InChI=1S/C23H21FN6/c1-16-10-18(24)11-20-22(16)26-13-17(12-25)23(20)29-8-6-28(7-9-29)14-19-15-30-5-3-2-4-21(30)27-19/h2-5,10-11,13,15H,6-9,14H2,1H3. The lowest BCUT2D eigenvalue weighted by Crippen LogP contribution is -2.46. The highest BCUT2D eigenvalue weighted by molar-refractivity contribution is 5.96. The maximum Gasteiger partial charge on any atom is 0.137 e. The van der Waals surface area contributed by atoms with Crippen molar-refractivity contribution in [3.05, 3.63) is 71.6 Å². The van der Waals surface area contributed by atoms with Gasteiger partial charge in [-0.1, -0.05) is 6.07 Å². The second kappa shape index (κ2) is 7.39. The van der Waals surface area contributed by atoms with Gasteiger partial charge in [0.1, 0.15) is 17.5 Å². The van der Waals surface area contributed by atoms with Crippen LogP contribution in [0.15, 0.2) is 48.9 Å². The maximum absolute atomic E-state index is 14.1. The number of hydrogen-bond donors (Lipinski definition) is 0. The Labute approximate surface area is 173 Å². The van der Waals surface area contributed by atoms with Crippen molar-refractivity contribution < 1.29 is 4.39 Å². The highest BCUT2D eigenvalue weighted by atomic mass is 19.1. The molecule has 0 radical (unpaired) electrons. The largest absolute Gasteiger partial charge is 0.367 e. The van der Waals surface area contributed by atoms with Crippen LogP contribution in [0.4, 0.5) is 10.1 Å². The highest BCUT2D eigenvalue weighted by Gasteiger charge is 2.23. The quantitative estimate of drug-likeness (QED) is 0.527. The fourth-order valence-electron chi connectivity index (χ4n) is 4.27. The molecule has 1 aliphatic heterocycles. The van der Waals surface area contributed by atoms with Crippen LogP contribution < -0.4 is 4.90 Å². The average Bonchev–Trinajstić information content (AvgIpc) is 3.16. The number of anilines is 1. The molecular formula is C23H21FN6. The summed E-state index contributed by atoms with van der Waals surface area (Å²) >= 11 is 0. The summed E-state index contributed by atoms with van der Waals surface area (Å²) in [6.07, 6.45) is 5.67. The van der Waals surface area contributed by atoms with Gasteiger partial charge in [-0.25, -0.2) is 9.37 Å². The predicted molar refractivity (Wildman–Crippen MR) is 114 cm³/mol. The maximum atomic E-state index is 14.1. The summed E-state index contributed by atoms with van der Waals surface area (Å²) in [4.78, 5) is 13.6. The molecule has 4 heterocycles. The third-order valence-corrected chi connectivity index (χ3v) is 5.71. The molecule has 0 atom stereocenters. The topological polar surface area (TPSA) is 60.5 Å². The van der Waals surface area contributed by atoms with E-state index in [1.165, 1.54) is 12.1 Å². The summed E-state index contributed by atoms with van der Waals surface area (Å²) in [6, 6.07) is 11.2. The number of nitrogens with zero attached hydrogens (tertiary/aromatic N) is 6. The van der Waals surface area contributed by atoms with E-state index in [1.54, 1.807) is 6.20 Å². The minimum atomic E-state index is -0.302. The molecule has 4 aromatic rings. The molecule has 0 aliphatic carbocycles. The van der Waals surface area contributed by atoms with E-state index in [0.29, 0.717) is 10.9 Å². The summed E-state index contributed by atoms with van der Waals surface area (Å²) in [5.74, 6) is -0.302. The average molecular weight is 400 g/mol. The Balaban J connectivity index is 1.39. The zero-order chi connectivity index (χ0) is 20.7. The lowest BCUT2D eigenvalue weighted by Gasteiger charge is -2.36. The van der Waals surface area contributed by atoms with Crippen molar-refractivity contribution in [2.24, 2.45) is 0 Å². The number of aryl methyl sites for hydroxylation is 1. The van der Waals surface area contributed by atoms with E-state index in [9.17, 15) is 9.65 Å². The SMILES string of the molecule is Cc1cc(F)cc2c(N3CCN(Cc4cn5ccccc5n4)CC3)c(C#N)cnc12. The Bertz CT molecular complexity index is 1250. The monoisotopic (exact) mass is 400 g/mol. The van der Waals surface area contributed by atoms with Crippen LogP contribution in [0.5, 0.6) is 0 Å². The van der Waals surface area contributed by atoms with E-state index in [-0.39, 0.29) is 5.82 Å². The molecular weight excluding hydrogens is 379 g/mol. The second-order valence-electron chi connectivity index (χ2n) is 7.71. The predicted octanol–water partition coefficient (Wildman–Crippen LogP) is 3.52. The Kier molecular flexibility index (Phi) is 4.57. The van der Waals surface area contributed by atoms with Gasteiger partial charge in [0.15, 0.2) is 0 Å². The smallest absolute Gasteiger partial charge is 0.137 e. The molecule has 1 aliphatic rings. The molecule has 0 amide bonds. The molecule has 6 nitrogen and oxygen atoms in total. The van der Waals surface area contributed by atoms with Gasteiger partial charge in [0, 0.05) is 56.7 Å². The van der Waals surface area contributed by atoms with Crippen LogP contribution in [0.1, 0.15) is 16.8 Å². The summed E-state index contributed by atoms with van der Waals surface area (Å²) in [6.45, 7) is 5.84. The Morgan fingerprint density at radius 2 is 2.00 bits per heavy atom. The number of aromatic nitrogens is 3. The van der Waals surface area contributed by atoms with Gasteiger partial charge >= 0.3 is 0 Å². The first-order chi connectivity index (χ1) is 14.6. The van der Waals surface area contributed by atoms with E-state index in [4.69, 9.17) is 0 Å². The third kappa shape index (κ3) is 3.25. The zero-order valence-electron chi connectivity index (χ0n) is 16.7. The third-order valence-electron chi connectivity index (χ3n) is 5.71. The Morgan fingerprint density at radius 1 is 1.17 bits per heavy atom. The lowest BCUT2D eigenvalue weighted by atomic mass is 10.0. The molecule has 1 fully saturated rings. The van der Waals surface area contributed by atoms with Crippen molar-refractivity contribution in [3.63, 3.8) is 0 Å². The summed E-state index contributed by atoms with van der Waals surface area (Å²) in [5, 5.41) is 10.3. The van der Waals surface area contributed by atoms with Crippen molar-refractivity contribution in [1.29, 1.82) is 5.26 Å². The van der Waals surface area contributed by atoms with Crippen LogP contribution >= 0.6 is 0 Å². The molecule has 0 bridgehead atoms. The fourth-order valence-corrected chi connectivity index (χ4v) is 4.27. The van der Waals surface area contributed by atoms with E-state index in [2.05, 4.69) is 32.0 Å². The summed E-state index contributed by atoms with van der Waals surface area (Å²) in [5.41, 5.74) is 4.79. The molecule has 1 saturated heterocycles. The van der Waals surface area contributed by atoms with Gasteiger partial charge in [-0.3, -0.25) is 9.88 Å². The van der Waals surface area contributed by atoms with Gasteiger partial charge in [0.05, 0.1) is 22.5 Å². The van der Waals surface area contributed by atoms with Crippen molar-refractivity contribution in [1.82, 2.24) is 19.3 Å². The van der Waals surface area contributed by atoms with E-state index >= 15 is 0 Å². The van der Waals surface area contributed by atoms with Gasteiger partial charge < -0.3 is 9.30 Å². The van der Waals surface area contributed by atoms with Crippen LogP contribution in [0, 0.1) is 24.1 Å². The molecule has 0 N–H and O–H groups in total. The number of imidazole rings is 1. The van der Waals surface area contributed by atoms with Crippen molar-refractivity contribution in [2.75, 3.05) is 31.1 Å². The van der Waals surface area contributed by atoms with Gasteiger partial charge in [-0.15, -0.1) is 0 Å². The zero-order valence-corrected chi connectivity index (χ0v) is 16.7.